The van der Waals surface area contributed by atoms with Crippen molar-refractivity contribution in [2.45, 2.75) is 18.3 Å². The Balaban J connectivity index is 2.12. The van der Waals surface area contributed by atoms with Crippen LogP contribution in [0.1, 0.15) is 12.8 Å². The topological polar surface area (TPSA) is 18.5 Å². The van der Waals surface area contributed by atoms with Gasteiger partial charge in [-0.3, -0.25) is 0 Å². The zero-order valence-corrected chi connectivity index (χ0v) is 13.7. The Bertz CT molecular complexity index is 463. The number of halogens is 1. The quantitative estimate of drug-likeness (QED) is 0.425. The normalized spacial score (nSPS) is 11.1. The van der Waals surface area contributed by atoms with Crippen LogP contribution in [0, 0.1) is 0 Å². The van der Waals surface area contributed by atoms with Gasteiger partial charge in [0.1, 0.15) is 11.5 Å². The Morgan fingerprint density at radius 3 is 1.70 bits per heavy atom. The molecule has 0 spiro atoms. The molecule has 0 aliphatic carbocycles. The fourth-order valence-corrected chi connectivity index (χ4v) is 2.47. The minimum atomic E-state index is -0.865. The van der Waals surface area contributed by atoms with Crippen molar-refractivity contribution in [2.75, 3.05) is 5.33 Å². The van der Waals surface area contributed by atoms with Crippen LogP contribution in [0.15, 0.2) is 60.7 Å². The van der Waals surface area contributed by atoms with Crippen LogP contribution in [0.2, 0.25) is 0 Å². The van der Waals surface area contributed by atoms with Crippen LogP contribution in [0.4, 0.5) is 0 Å². The maximum absolute atomic E-state index is 5.98. The number of benzene rings is 2. The lowest BCUT2D eigenvalue weighted by Crippen LogP contribution is -2.43. The fraction of sp³-hybridized carbons (Fsp3) is 0.250. The largest absolute Gasteiger partial charge is 0.458 e. The van der Waals surface area contributed by atoms with Crippen molar-refractivity contribution < 1.29 is 9.47 Å². The highest BCUT2D eigenvalue weighted by molar-refractivity contribution is 9.09. The van der Waals surface area contributed by atoms with E-state index in [1.54, 1.807) is 0 Å². The second-order valence-electron chi connectivity index (χ2n) is 4.38. The monoisotopic (exact) mass is 347 g/mol. The molecule has 0 N–H and O–H groups in total. The van der Waals surface area contributed by atoms with Gasteiger partial charge in [-0.1, -0.05) is 52.3 Å². The number of alkyl halides is 1. The summed E-state index contributed by atoms with van der Waals surface area (Å²) in [7, 11) is 3.65. The molecule has 0 atom stereocenters. The minimum absolute atomic E-state index is 0.721. The van der Waals surface area contributed by atoms with E-state index in [2.05, 4.69) is 26.2 Å². The third-order valence-corrected chi connectivity index (χ3v) is 3.71. The first-order chi connectivity index (χ1) is 9.72. The van der Waals surface area contributed by atoms with Crippen LogP contribution in [0.5, 0.6) is 11.5 Å². The van der Waals surface area contributed by atoms with E-state index in [4.69, 9.17) is 9.47 Å². The lowest BCUT2D eigenvalue weighted by atomic mass is 10.3. The van der Waals surface area contributed by atoms with Crippen LogP contribution in [-0.2, 0) is 0 Å². The van der Waals surface area contributed by atoms with Gasteiger partial charge in [0, 0.05) is 11.8 Å². The molecule has 103 valence electrons. The molecule has 4 heteroatoms. The van der Waals surface area contributed by atoms with Gasteiger partial charge in [-0.2, -0.15) is 0 Å². The molecular weight excluding hydrogens is 332 g/mol. The van der Waals surface area contributed by atoms with Crippen LogP contribution in [-0.4, -0.2) is 21.0 Å². The smallest absolute Gasteiger partial charge is 0.221 e. The van der Waals surface area contributed by atoms with Crippen molar-refractivity contribution in [3.63, 3.8) is 0 Å². The van der Waals surface area contributed by atoms with Gasteiger partial charge < -0.3 is 9.47 Å². The number of para-hydroxylation sites is 2. The molecule has 0 fully saturated rings. The highest BCUT2D eigenvalue weighted by Crippen LogP contribution is 2.24. The predicted molar refractivity (Wildman–Crippen MR) is 85.7 cm³/mol. The summed E-state index contributed by atoms with van der Waals surface area (Å²) in [5.74, 6) is 1.54. The van der Waals surface area contributed by atoms with Gasteiger partial charge in [0.2, 0.25) is 5.41 Å². The zero-order valence-electron chi connectivity index (χ0n) is 11.1. The number of hydrogen-bond acceptors (Lipinski definition) is 2. The Hall–Kier alpha value is -1.26. The minimum Gasteiger partial charge on any atom is -0.458 e. The van der Waals surface area contributed by atoms with Gasteiger partial charge in [-0.25, -0.2) is 0 Å². The van der Waals surface area contributed by atoms with E-state index in [0.717, 1.165) is 29.7 Å². The Morgan fingerprint density at radius 1 is 0.850 bits per heavy atom. The highest BCUT2D eigenvalue weighted by Gasteiger charge is 2.28. The highest BCUT2D eigenvalue weighted by atomic mass is 79.9. The van der Waals surface area contributed by atoms with E-state index in [1.807, 2.05) is 60.7 Å². The standard InChI is InChI=1S/C16H16BrO2Si/c17-13-7-12-16(20,18-14-8-3-1-4-9-14)19-15-10-5-2-6-11-15/h1-6,8-11H,7,12-13H2. The molecule has 0 unspecified atom stereocenters. The van der Waals surface area contributed by atoms with E-state index in [9.17, 15) is 0 Å². The predicted octanol–water partition coefficient (Wildman–Crippen LogP) is 4.14. The van der Waals surface area contributed by atoms with Gasteiger partial charge >= 0.3 is 0 Å². The Morgan fingerprint density at radius 2 is 1.30 bits per heavy atom. The van der Waals surface area contributed by atoms with Crippen molar-refractivity contribution in [1.29, 1.82) is 0 Å². The Kier molecular flexibility index (Phi) is 5.68. The fourth-order valence-electron chi connectivity index (χ4n) is 1.78. The average Bonchev–Trinajstić information content (AvgIpc) is 2.47. The van der Waals surface area contributed by atoms with Crippen molar-refractivity contribution >= 4 is 26.2 Å². The van der Waals surface area contributed by atoms with Crippen molar-refractivity contribution in [1.82, 2.24) is 0 Å². The summed E-state index contributed by atoms with van der Waals surface area (Å²) in [4.78, 5) is 0. The van der Waals surface area contributed by atoms with Gasteiger partial charge in [-0.05, 0) is 30.7 Å². The van der Waals surface area contributed by atoms with Crippen molar-refractivity contribution in [2.24, 2.45) is 0 Å². The molecule has 0 saturated heterocycles. The van der Waals surface area contributed by atoms with E-state index in [0.29, 0.717) is 0 Å². The zero-order chi connectivity index (χ0) is 14.3. The third kappa shape index (κ3) is 4.69. The summed E-state index contributed by atoms with van der Waals surface area (Å²) in [6.45, 7) is 0. The first-order valence-corrected chi connectivity index (χ1v) is 8.13. The van der Waals surface area contributed by atoms with E-state index < -0.39 is 5.41 Å². The molecule has 0 aliphatic heterocycles. The molecule has 2 aromatic rings. The molecule has 3 radical (unpaired) electrons. The number of rotatable bonds is 7. The molecule has 0 aliphatic rings. The molecule has 2 nitrogen and oxygen atoms in total. The maximum atomic E-state index is 5.98. The average molecular weight is 348 g/mol. The number of hydrogen-bond donors (Lipinski definition) is 0. The van der Waals surface area contributed by atoms with Crippen molar-refractivity contribution in [3.8, 4) is 11.5 Å². The summed E-state index contributed by atoms with van der Waals surface area (Å²) in [6, 6.07) is 19.3. The summed E-state index contributed by atoms with van der Waals surface area (Å²) < 4.78 is 12.0. The Labute approximate surface area is 131 Å². The summed E-state index contributed by atoms with van der Waals surface area (Å²) >= 11 is 3.44. The number of ether oxygens (including phenoxy) is 2. The van der Waals surface area contributed by atoms with E-state index in [-0.39, 0.29) is 0 Å². The molecular formula is C16H16BrO2Si. The molecule has 0 bridgehead atoms. The van der Waals surface area contributed by atoms with Crippen LogP contribution in [0.25, 0.3) is 0 Å². The molecule has 0 saturated carbocycles. The summed E-state index contributed by atoms with van der Waals surface area (Å²) in [6.07, 6.45) is 1.65. The van der Waals surface area contributed by atoms with Crippen LogP contribution in [0.3, 0.4) is 0 Å². The van der Waals surface area contributed by atoms with Crippen molar-refractivity contribution in [3.05, 3.63) is 60.7 Å². The molecule has 2 aromatic carbocycles. The lowest BCUT2D eigenvalue weighted by Gasteiger charge is -2.31. The second kappa shape index (κ2) is 7.50. The molecule has 2 rings (SSSR count). The van der Waals surface area contributed by atoms with Crippen LogP contribution >= 0.6 is 15.9 Å². The van der Waals surface area contributed by atoms with Gasteiger partial charge in [-0.15, -0.1) is 0 Å². The molecule has 0 amide bonds. The summed E-state index contributed by atoms with van der Waals surface area (Å²) in [5.41, 5.74) is -0.865. The third-order valence-electron chi connectivity index (χ3n) is 2.69. The first-order valence-electron chi connectivity index (χ1n) is 6.51. The molecule has 20 heavy (non-hydrogen) atoms. The lowest BCUT2D eigenvalue weighted by molar-refractivity contribution is -0.0447. The van der Waals surface area contributed by atoms with Gasteiger partial charge in [0.25, 0.3) is 0 Å². The molecule has 0 aromatic heterocycles. The van der Waals surface area contributed by atoms with Gasteiger partial charge in [0.15, 0.2) is 10.2 Å². The van der Waals surface area contributed by atoms with E-state index >= 15 is 0 Å². The second-order valence-corrected chi connectivity index (χ2v) is 5.93. The summed E-state index contributed by atoms with van der Waals surface area (Å²) in [5, 5.41) is 0.898. The SMILES string of the molecule is [Si]C(CCCBr)(Oc1ccccc1)Oc1ccccc1. The first kappa shape index (κ1) is 15.1. The van der Waals surface area contributed by atoms with Gasteiger partial charge in [0.05, 0.1) is 0 Å². The molecule has 0 heterocycles. The maximum Gasteiger partial charge on any atom is 0.221 e. The van der Waals surface area contributed by atoms with Crippen LogP contribution < -0.4 is 9.47 Å². The van der Waals surface area contributed by atoms with E-state index in [1.165, 1.54) is 0 Å².